The van der Waals surface area contributed by atoms with E-state index in [4.69, 9.17) is 21.1 Å². The van der Waals surface area contributed by atoms with Gasteiger partial charge in [-0.2, -0.15) is 0 Å². The van der Waals surface area contributed by atoms with Crippen molar-refractivity contribution in [1.82, 2.24) is 4.90 Å². The highest BCUT2D eigenvalue weighted by Crippen LogP contribution is 2.35. The lowest BCUT2D eigenvalue weighted by Gasteiger charge is -2.19. The van der Waals surface area contributed by atoms with E-state index in [1.165, 1.54) is 24.5 Å². The molecular weight excluding hydrogens is 389 g/mol. The molecule has 0 aliphatic heterocycles. The third-order valence-corrected chi connectivity index (χ3v) is 5.66. The molecule has 142 valence electrons. The third kappa shape index (κ3) is 3.93. The van der Waals surface area contributed by atoms with Crippen molar-refractivity contribution >= 4 is 38.9 Å². The van der Waals surface area contributed by atoms with E-state index in [2.05, 4.69) is 0 Å². The minimum atomic E-state index is -0.353. The molecule has 3 aromatic rings. The largest absolute Gasteiger partial charge is 0.496 e. The highest BCUT2D eigenvalue weighted by Gasteiger charge is 2.23. The first-order valence-corrected chi connectivity index (χ1v) is 9.42. The van der Waals surface area contributed by atoms with Crippen LogP contribution in [0, 0.1) is 5.82 Å². The summed E-state index contributed by atoms with van der Waals surface area (Å²) in [6, 6.07) is 10.1. The van der Waals surface area contributed by atoms with Crippen molar-refractivity contribution in [1.29, 1.82) is 0 Å². The number of carbonyl (C=O) groups excluding carboxylic acids is 1. The van der Waals surface area contributed by atoms with Gasteiger partial charge in [-0.05, 0) is 30.3 Å². The molecule has 0 bridgehead atoms. The quantitative estimate of drug-likeness (QED) is 0.569. The van der Waals surface area contributed by atoms with Crippen LogP contribution in [0.3, 0.4) is 0 Å². The maximum absolute atomic E-state index is 14.3. The van der Waals surface area contributed by atoms with Crippen molar-refractivity contribution in [3.8, 4) is 5.75 Å². The Balaban J connectivity index is 1.97. The van der Waals surface area contributed by atoms with Gasteiger partial charge in [-0.15, -0.1) is 11.3 Å². The van der Waals surface area contributed by atoms with E-state index in [-0.39, 0.29) is 18.3 Å². The number of methoxy groups -OCH3 is 2. The van der Waals surface area contributed by atoms with Gasteiger partial charge in [0.15, 0.2) is 0 Å². The lowest BCUT2D eigenvalue weighted by atomic mass is 10.1. The number of benzene rings is 2. The first-order valence-electron chi connectivity index (χ1n) is 8.23. The van der Waals surface area contributed by atoms with Crippen LogP contribution in [-0.2, 0) is 17.9 Å². The second-order valence-electron chi connectivity index (χ2n) is 6.07. The number of fused-ring (bicyclic) bond motifs is 1. The number of carbonyl (C=O) groups is 1. The summed E-state index contributed by atoms with van der Waals surface area (Å²) in [6.45, 7) is 0.474. The van der Waals surface area contributed by atoms with Gasteiger partial charge in [-0.25, -0.2) is 4.39 Å². The highest BCUT2D eigenvalue weighted by atomic mass is 35.5. The van der Waals surface area contributed by atoms with Crippen LogP contribution in [0.1, 0.15) is 20.8 Å². The molecule has 0 aliphatic rings. The fourth-order valence-corrected chi connectivity index (χ4v) is 4.40. The van der Waals surface area contributed by atoms with Gasteiger partial charge in [0, 0.05) is 46.9 Å². The molecular formula is C20H19ClFNO3S. The molecule has 1 amide bonds. The van der Waals surface area contributed by atoms with Crippen molar-refractivity contribution in [2.75, 3.05) is 21.3 Å². The van der Waals surface area contributed by atoms with Crippen LogP contribution in [0.15, 0.2) is 36.4 Å². The normalized spacial score (nSPS) is 11.0. The number of thiophene rings is 1. The summed E-state index contributed by atoms with van der Waals surface area (Å²) in [6.07, 6.45) is 0. The molecule has 0 N–H and O–H groups in total. The zero-order valence-electron chi connectivity index (χ0n) is 15.2. The topological polar surface area (TPSA) is 38.8 Å². The summed E-state index contributed by atoms with van der Waals surface area (Å²) in [5, 5.41) is 1.01. The third-order valence-electron chi connectivity index (χ3n) is 4.24. The van der Waals surface area contributed by atoms with E-state index < -0.39 is 0 Å². The summed E-state index contributed by atoms with van der Waals surface area (Å²) in [4.78, 5) is 15.1. The maximum Gasteiger partial charge on any atom is 0.264 e. The molecule has 0 radical (unpaired) electrons. The molecule has 1 aromatic heterocycles. The van der Waals surface area contributed by atoms with Crippen molar-refractivity contribution in [3.63, 3.8) is 0 Å². The number of hydrogen-bond acceptors (Lipinski definition) is 4. The SMILES string of the molecule is COCc1c(C(=O)N(C)Cc2cc(Cl)ccc2OC)sc2cccc(F)c12. The molecule has 1 heterocycles. The molecule has 0 spiro atoms. The van der Waals surface area contributed by atoms with Crippen molar-refractivity contribution in [2.45, 2.75) is 13.2 Å². The molecule has 7 heteroatoms. The Labute approximate surface area is 166 Å². The number of rotatable bonds is 6. The van der Waals surface area contributed by atoms with Crippen molar-refractivity contribution in [3.05, 3.63) is 63.2 Å². The van der Waals surface area contributed by atoms with Gasteiger partial charge in [0.1, 0.15) is 11.6 Å². The second-order valence-corrected chi connectivity index (χ2v) is 7.56. The molecule has 0 unspecified atom stereocenters. The molecule has 4 nitrogen and oxygen atoms in total. The Morgan fingerprint density at radius 2 is 2.04 bits per heavy atom. The van der Waals surface area contributed by atoms with Crippen LogP contribution in [0.4, 0.5) is 4.39 Å². The maximum atomic E-state index is 14.3. The summed E-state index contributed by atoms with van der Waals surface area (Å²) >= 11 is 7.35. The number of nitrogens with zero attached hydrogens (tertiary/aromatic N) is 1. The second kappa shape index (κ2) is 8.25. The zero-order chi connectivity index (χ0) is 19.6. The Kier molecular flexibility index (Phi) is 5.99. The van der Waals surface area contributed by atoms with Gasteiger partial charge in [0.2, 0.25) is 0 Å². The van der Waals surface area contributed by atoms with E-state index in [9.17, 15) is 9.18 Å². The van der Waals surface area contributed by atoms with Gasteiger partial charge < -0.3 is 14.4 Å². The first-order chi connectivity index (χ1) is 13.0. The van der Waals surface area contributed by atoms with Gasteiger partial charge in [-0.3, -0.25) is 4.79 Å². The van der Waals surface area contributed by atoms with Crippen LogP contribution < -0.4 is 4.74 Å². The molecule has 2 aromatic carbocycles. The predicted molar refractivity (Wildman–Crippen MR) is 106 cm³/mol. The number of halogens is 2. The Morgan fingerprint density at radius 1 is 1.26 bits per heavy atom. The fourth-order valence-electron chi connectivity index (χ4n) is 2.99. The van der Waals surface area contributed by atoms with Crippen LogP contribution in [-0.4, -0.2) is 32.1 Å². The van der Waals surface area contributed by atoms with Gasteiger partial charge >= 0.3 is 0 Å². The molecule has 0 fully saturated rings. The fraction of sp³-hybridized carbons (Fsp3) is 0.250. The van der Waals surface area contributed by atoms with E-state index in [0.29, 0.717) is 33.1 Å². The summed E-state index contributed by atoms with van der Waals surface area (Å²) in [5.41, 5.74) is 1.37. The Bertz CT molecular complexity index is 989. The van der Waals surface area contributed by atoms with Crippen LogP contribution in [0.2, 0.25) is 5.02 Å². The predicted octanol–water partition coefficient (Wildman–Crippen LogP) is 5.12. The van der Waals surface area contributed by atoms with Crippen molar-refractivity contribution < 1.29 is 18.7 Å². The van der Waals surface area contributed by atoms with E-state index in [1.807, 2.05) is 0 Å². The minimum absolute atomic E-state index is 0.163. The number of ether oxygens (including phenoxy) is 2. The molecule has 0 atom stereocenters. The van der Waals surface area contributed by atoms with Gasteiger partial charge in [0.25, 0.3) is 5.91 Å². The summed E-state index contributed by atoms with van der Waals surface area (Å²) < 4.78 is 25.6. The van der Waals surface area contributed by atoms with Crippen molar-refractivity contribution in [2.24, 2.45) is 0 Å². The lowest BCUT2D eigenvalue weighted by Crippen LogP contribution is -2.26. The molecule has 0 saturated carbocycles. The molecule has 0 aliphatic carbocycles. The minimum Gasteiger partial charge on any atom is -0.496 e. The standard InChI is InChI=1S/C20H19ClFNO3S/c1-23(10-12-9-13(21)7-8-16(12)26-3)20(24)19-14(11-25-2)18-15(22)5-4-6-17(18)27-19/h4-9H,10-11H2,1-3H3. The smallest absolute Gasteiger partial charge is 0.264 e. The molecule has 27 heavy (non-hydrogen) atoms. The average Bonchev–Trinajstić information content (AvgIpc) is 3.01. The monoisotopic (exact) mass is 407 g/mol. The van der Waals surface area contributed by atoms with E-state index in [1.54, 1.807) is 49.4 Å². The average molecular weight is 408 g/mol. The van der Waals surface area contributed by atoms with E-state index in [0.717, 1.165) is 10.3 Å². The van der Waals surface area contributed by atoms with Crippen LogP contribution >= 0.6 is 22.9 Å². The van der Waals surface area contributed by atoms with Gasteiger partial charge in [-0.1, -0.05) is 17.7 Å². The van der Waals surface area contributed by atoms with Crippen LogP contribution in [0.25, 0.3) is 10.1 Å². The molecule has 0 saturated heterocycles. The van der Waals surface area contributed by atoms with E-state index >= 15 is 0 Å². The number of amides is 1. The summed E-state index contributed by atoms with van der Waals surface area (Å²) in [5.74, 6) is 0.0947. The Morgan fingerprint density at radius 3 is 2.74 bits per heavy atom. The zero-order valence-corrected chi connectivity index (χ0v) is 16.8. The van der Waals surface area contributed by atoms with Crippen LogP contribution in [0.5, 0.6) is 5.75 Å². The Hall–Kier alpha value is -2.15. The van der Waals surface area contributed by atoms with Gasteiger partial charge in [0.05, 0.1) is 18.6 Å². The first kappa shape index (κ1) is 19.6. The lowest BCUT2D eigenvalue weighted by molar-refractivity contribution is 0.0785. The molecule has 3 rings (SSSR count). The number of hydrogen-bond donors (Lipinski definition) is 0. The highest BCUT2D eigenvalue weighted by molar-refractivity contribution is 7.21. The summed E-state index contributed by atoms with van der Waals surface area (Å²) in [7, 11) is 4.79.